The Kier molecular flexibility index (Phi) is 6.23. The molecule has 0 saturated carbocycles. The maximum atomic E-state index is 11.2. The first-order chi connectivity index (χ1) is 11.6. The van der Waals surface area contributed by atoms with Gasteiger partial charge in [-0.2, -0.15) is 0 Å². The van der Waals surface area contributed by atoms with Gasteiger partial charge in [-0.15, -0.1) is 0 Å². The Morgan fingerprint density at radius 1 is 1.04 bits per heavy atom. The van der Waals surface area contributed by atoms with Crippen molar-refractivity contribution in [3.63, 3.8) is 0 Å². The zero-order valence-corrected chi connectivity index (χ0v) is 14.1. The van der Waals surface area contributed by atoms with E-state index in [1.165, 1.54) is 0 Å². The Labute approximate surface area is 143 Å². The van der Waals surface area contributed by atoms with E-state index in [0.717, 1.165) is 28.3 Å². The molecule has 2 nitrogen and oxygen atoms in total. The van der Waals surface area contributed by atoms with Crippen molar-refractivity contribution in [2.24, 2.45) is 0 Å². The molecule has 0 fully saturated rings. The van der Waals surface area contributed by atoms with Crippen LogP contribution in [0.4, 0.5) is 0 Å². The van der Waals surface area contributed by atoms with Gasteiger partial charge in [-0.05, 0) is 42.0 Å². The fourth-order valence-electron chi connectivity index (χ4n) is 2.07. The standard InChI is InChI=1S/C22H20O2/c1-4-5-8-18-10-12-21-16-19(11-13-20(21)15-18)9-6-7-14-24-22(23)17(2)3/h10-13,15-16H,2,4,7,14H2,1,3H3. The Bertz CT molecular complexity index is 883. The smallest absolute Gasteiger partial charge is 0.333 e. The molecule has 0 aliphatic heterocycles. The molecule has 2 heteroatoms. The first-order valence-electron chi connectivity index (χ1n) is 7.94. The van der Waals surface area contributed by atoms with Crippen molar-refractivity contribution >= 4 is 16.7 Å². The van der Waals surface area contributed by atoms with Crippen LogP contribution in [0.25, 0.3) is 10.8 Å². The molecule has 0 aliphatic carbocycles. The number of esters is 1. The first-order valence-corrected chi connectivity index (χ1v) is 7.94. The van der Waals surface area contributed by atoms with Crippen LogP contribution in [0.1, 0.15) is 37.8 Å². The third-order valence-electron chi connectivity index (χ3n) is 3.29. The molecule has 0 aromatic heterocycles. The predicted octanol–water partition coefficient (Wildman–Crippen LogP) is 4.46. The number of fused-ring (bicyclic) bond motifs is 1. The van der Waals surface area contributed by atoms with E-state index >= 15 is 0 Å². The summed E-state index contributed by atoms with van der Waals surface area (Å²) in [6.45, 7) is 7.49. The summed E-state index contributed by atoms with van der Waals surface area (Å²) in [5.41, 5.74) is 2.38. The normalized spacial score (nSPS) is 9.42. The van der Waals surface area contributed by atoms with Crippen molar-refractivity contribution in [3.8, 4) is 23.7 Å². The largest absolute Gasteiger partial charge is 0.461 e. The van der Waals surface area contributed by atoms with E-state index in [1.807, 2.05) is 19.1 Å². The van der Waals surface area contributed by atoms with Crippen LogP contribution in [-0.2, 0) is 9.53 Å². The minimum absolute atomic E-state index is 0.283. The van der Waals surface area contributed by atoms with Crippen LogP contribution in [0, 0.1) is 23.7 Å². The number of hydrogen-bond acceptors (Lipinski definition) is 2. The zero-order chi connectivity index (χ0) is 17.4. The van der Waals surface area contributed by atoms with Gasteiger partial charge in [0.25, 0.3) is 0 Å². The topological polar surface area (TPSA) is 26.3 Å². The van der Waals surface area contributed by atoms with Gasteiger partial charge in [-0.3, -0.25) is 0 Å². The van der Waals surface area contributed by atoms with Crippen molar-refractivity contribution in [3.05, 3.63) is 59.7 Å². The quantitative estimate of drug-likeness (QED) is 0.362. The Morgan fingerprint density at radius 2 is 1.62 bits per heavy atom. The lowest BCUT2D eigenvalue weighted by molar-refractivity contribution is -0.138. The molecule has 0 atom stereocenters. The molecule has 120 valence electrons. The first kappa shape index (κ1) is 17.4. The molecule has 24 heavy (non-hydrogen) atoms. The fraction of sp³-hybridized carbons (Fsp3) is 0.227. The highest BCUT2D eigenvalue weighted by Crippen LogP contribution is 2.17. The molecule has 0 spiro atoms. The van der Waals surface area contributed by atoms with Gasteiger partial charge in [0.15, 0.2) is 0 Å². The summed E-state index contributed by atoms with van der Waals surface area (Å²) in [5.74, 6) is 12.0. The van der Waals surface area contributed by atoms with Gasteiger partial charge in [0.2, 0.25) is 0 Å². The third-order valence-corrected chi connectivity index (χ3v) is 3.29. The lowest BCUT2D eigenvalue weighted by Crippen LogP contribution is -2.05. The van der Waals surface area contributed by atoms with Crippen LogP contribution in [0.15, 0.2) is 48.6 Å². The molecule has 0 N–H and O–H groups in total. The summed E-state index contributed by atoms with van der Waals surface area (Å²) in [6.07, 6.45) is 1.36. The van der Waals surface area contributed by atoms with E-state index in [9.17, 15) is 4.79 Å². The van der Waals surface area contributed by atoms with Crippen molar-refractivity contribution in [1.82, 2.24) is 0 Å². The van der Waals surface area contributed by atoms with Gasteiger partial charge in [-0.1, -0.05) is 49.3 Å². The SMILES string of the molecule is C=C(C)C(=O)OCCC#Cc1ccc2cc(C#CCC)ccc2c1. The van der Waals surface area contributed by atoms with Crippen LogP contribution in [0.2, 0.25) is 0 Å². The molecule has 2 rings (SSSR count). The highest BCUT2D eigenvalue weighted by Gasteiger charge is 2.00. The van der Waals surface area contributed by atoms with Gasteiger partial charge in [-0.25, -0.2) is 4.79 Å². The number of ether oxygens (including phenoxy) is 1. The Hall–Kier alpha value is -2.97. The molecule has 0 saturated heterocycles. The maximum absolute atomic E-state index is 11.2. The van der Waals surface area contributed by atoms with Gasteiger partial charge in [0, 0.05) is 29.5 Å². The second-order valence-electron chi connectivity index (χ2n) is 5.40. The molecule has 0 radical (unpaired) electrons. The molecule has 0 heterocycles. The fourth-order valence-corrected chi connectivity index (χ4v) is 2.07. The zero-order valence-electron chi connectivity index (χ0n) is 14.1. The molecule has 0 aliphatic rings. The van der Waals surface area contributed by atoms with E-state index in [2.05, 4.69) is 54.5 Å². The summed E-state index contributed by atoms with van der Waals surface area (Å²) in [7, 11) is 0. The van der Waals surface area contributed by atoms with Crippen LogP contribution < -0.4 is 0 Å². The summed E-state index contributed by atoms with van der Waals surface area (Å²) in [6, 6.07) is 12.3. The lowest BCUT2D eigenvalue weighted by Gasteiger charge is -2.01. The minimum Gasteiger partial charge on any atom is -0.461 e. The Balaban J connectivity index is 2.02. The second-order valence-corrected chi connectivity index (χ2v) is 5.40. The molecule has 0 unspecified atom stereocenters. The van der Waals surface area contributed by atoms with E-state index in [-0.39, 0.29) is 12.6 Å². The average molecular weight is 316 g/mol. The van der Waals surface area contributed by atoms with Crippen LogP contribution in [-0.4, -0.2) is 12.6 Å². The highest BCUT2D eigenvalue weighted by atomic mass is 16.5. The second kappa shape index (κ2) is 8.61. The number of carbonyl (C=O) groups excluding carboxylic acids is 1. The van der Waals surface area contributed by atoms with Crippen LogP contribution in [0.5, 0.6) is 0 Å². The monoisotopic (exact) mass is 316 g/mol. The van der Waals surface area contributed by atoms with Gasteiger partial charge < -0.3 is 4.74 Å². The summed E-state index contributed by atoms with van der Waals surface area (Å²) in [4.78, 5) is 11.2. The lowest BCUT2D eigenvalue weighted by atomic mass is 10.0. The molecule has 0 amide bonds. The van der Waals surface area contributed by atoms with E-state index < -0.39 is 0 Å². The number of rotatable bonds is 3. The van der Waals surface area contributed by atoms with Crippen molar-refractivity contribution < 1.29 is 9.53 Å². The molecule has 0 bridgehead atoms. The summed E-state index contributed by atoms with van der Waals surface area (Å²) >= 11 is 0. The minimum atomic E-state index is -0.371. The molecular formula is C22H20O2. The summed E-state index contributed by atoms with van der Waals surface area (Å²) < 4.78 is 5.00. The number of benzene rings is 2. The van der Waals surface area contributed by atoms with Crippen molar-refractivity contribution in [2.45, 2.75) is 26.7 Å². The molecule has 2 aromatic carbocycles. The van der Waals surface area contributed by atoms with Gasteiger partial charge in [0.1, 0.15) is 6.61 Å². The van der Waals surface area contributed by atoms with Crippen LogP contribution in [0.3, 0.4) is 0 Å². The molecule has 2 aromatic rings. The van der Waals surface area contributed by atoms with Crippen molar-refractivity contribution in [2.75, 3.05) is 6.61 Å². The van der Waals surface area contributed by atoms with Gasteiger partial charge in [0.05, 0.1) is 0 Å². The van der Waals surface area contributed by atoms with Crippen molar-refractivity contribution in [1.29, 1.82) is 0 Å². The average Bonchev–Trinajstić information content (AvgIpc) is 2.59. The van der Waals surface area contributed by atoms with E-state index in [0.29, 0.717) is 12.0 Å². The third kappa shape index (κ3) is 5.04. The number of hydrogen-bond donors (Lipinski definition) is 0. The van der Waals surface area contributed by atoms with Crippen LogP contribution >= 0.6 is 0 Å². The van der Waals surface area contributed by atoms with E-state index in [1.54, 1.807) is 6.92 Å². The maximum Gasteiger partial charge on any atom is 0.333 e. The highest BCUT2D eigenvalue weighted by molar-refractivity contribution is 5.87. The molecular weight excluding hydrogens is 296 g/mol. The predicted molar refractivity (Wildman–Crippen MR) is 98.4 cm³/mol. The van der Waals surface area contributed by atoms with Gasteiger partial charge >= 0.3 is 5.97 Å². The Morgan fingerprint density at radius 3 is 2.17 bits per heavy atom. The number of carbonyl (C=O) groups is 1. The summed E-state index contributed by atoms with van der Waals surface area (Å²) in [5, 5.41) is 2.29. The van der Waals surface area contributed by atoms with E-state index in [4.69, 9.17) is 4.74 Å².